The Morgan fingerprint density at radius 1 is 0.261 bits per heavy atom. The summed E-state index contributed by atoms with van der Waals surface area (Å²) in [7, 11) is 0. The maximum atomic E-state index is 6.25. The topological polar surface area (TPSA) is 253 Å². The predicted octanol–water partition coefficient (Wildman–Crippen LogP) is -12.9. The Balaban J connectivity index is -0.00000000234. The first-order valence-corrected chi connectivity index (χ1v) is 1.79. The standard InChI is InChI=1S/8CN.4K.Mo.2H2O/c8*1-2;;;;;;;/h;;;;;;;;;;;;;2*1H2/q8*-1;4*+1;+4;;. The Hall–Kier alpha value is 3.07. The normalized spacial score (nSPS) is 0.696. The molecule has 0 radical (unpaired) electrons. The van der Waals surface area contributed by atoms with Gasteiger partial charge in [-0.2, -0.15) is 0 Å². The van der Waals surface area contributed by atoms with Crippen LogP contribution in [0.15, 0.2) is 0 Å². The summed E-state index contributed by atoms with van der Waals surface area (Å²) in [6.07, 6.45) is 0. The molecule has 10 nitrogen and oxygen atoms in total. The van der Waals surface area contributed by atoms with Gasteiger partial charge in [-0.1, -0.05) is 0 Å². The number of hydrogen-bond acceptors (Lipinski definition) is 8. The molecule has 0 aromatic heterocycles. The van der Waals surface area contributed by atoms with Gasteiger partial charge in [-0.15, -0.1) is 0 Å². The molecule has 0 unspecified atom stereocenters. The summed E-state index contributed by atoms with van der Waals surface area (Å²) in [6.45, 7) is 38.0. The summed E-state index contributed by atoms with van der Waals surface area (Å²) in [5.41, 5.74) is 0. The number of rotatable bonds is 0. The van der Waals surface area contributed by atoms with Crippen molar-refractivity contribution in [2.75, 3.05) is 0 Å². The molecule has 0 aliphatic heterocycles. The Kier molecular flexibility index (Phi) is 8940. The Labute approximate surface area is 323 Å². The van der Waals surface area contributed by atoms with E-state index in [1.54, 1.807) is 0 Å². The van der Waals surface area contributed by atoms with Gasteiger partial charge in [-0.25, -0.2) is 0 Å². The van der Waals surface area contributed by atoms with Crippen LogP contribution < -0.4 is 206 Å². The molecule has 0 saturated heterocycles. The van der Waals surface area contributed by atoms with Crippen LogP contribution in [0, 0.1) is 94.7 Å². The van der Waals surface area contributed by atoms with Crippen molar-refractivity contribution in [2.45, 2.75) is 0 Å². The fourth-order valence-corrected chi connectivity index (χ4v) is 0. The monoisotopic (exact) mass is 498 g/mol. The largest absolute Gasteiger partial charge is 4.00 e. The summed E-state index contributed by atoms with van der Waals surface area (Å²) >= 11 is 0. The second-order valence-corrected chi connectivity index (χ2v) is 0. The average molecular weight is 497 g/mol. The van der Waals surface area contributed by atoms with Crippen LogP contribution in [0.25, 0.3) is 0 Å². The second kappa shape index (κ2) is 1540. The maximum Gasteiger partial charge on any atom is 4.00 e. The number of hydrogen-bond donors (Lipinski definition) is 0. The molecule has 0 rings (SSSR count). The van der Waals surface area contributed by atoms with Crippen molar-refractivity contribution in [3.05, 3.63) is 52.6 Å². The first kappa shape index (κ1) is 134. The van der Waals surface area contributed by atoms with Crippen molar-refractivity contribution in [3.63, 3.8) is 0 Å². The Bertz CT molecular complexity index is 156. The van der Waals surface area contributed by atoms with Crippen LogP contribution in [0.5, 0.6) is 0 Å². The quantitative estimate of drug-likeness (QED) is 0.229. The van der Waals surface area contributed by atoms with E-state index < -0.39 is 0 Å². The second-order valence-electron chi connectivity index (χ2n) is 0. The molecule has 0 spiro atoms. The SMILES string of the molecule is O.O.[C-]#N.[C-]#N.[C-]#N.[C-]#N.[C-]#N.[C-]#N.[C-]#N.[C-]#N.[K+].[K+].[K+].[K+].[Mo+4]. The third-order valence-electron chi connectivity index (χ3n) is 0. The van der Waals surface area contributed by atoms with E-state index in [0.717, 1.165) is 0 Å². The van der Waals surface area contributed by atoms with Crippen molar-refractivity contribution in [1.82, 2.24) is 0 Å². The van der Waals surface area contributed by atoms with Gasteiger partial charge in [0.1, 0.15) is 0 Å². The fourth-order valence-electron chi connectivity index (χ4n) is 0. The van der Waals surface area contributed by atoms with Crippen LogP contribution in [0.3, 0.4) is 0 Å². The van der Waals surface area contributed by atoms with Gasteiger partial charge in [0.2, 0.25) is 0 Å². The van der Waals surface area contributed by atoms with Crippen LogP contribution >= 0.6 is 0 Å². The molecule has 0 amide bonds. The molecule has 0 aliphatic rings. The average Bonchev–Trinajstić information content (AvgIpc) is 2.54. The first-order valence-electron chi connectivity index (χ1n) is 1.79. The number of nitrogens with zero attached hydrogens (tertiary/aromatic N) is 8. The Morgan fingerprint density at radius 2 is 0.261 bits per heavy atom. The van der Waals surface area contributed by atoms with Crippen LogP contribution in [0.1, 0.15) is 0 Å². The summed E-state index contributed by atoms with van der Waals surface area (Å²) in [4.78, 5) is 0. The van der Waals surface area contributed by atoms with E-state index >= 15 is 0 Å². The van der Waals surface area contributed by atoms with Crippen molar-refractivity contribution in [1.29, 1.82) is 42.1 Å². The van der Waals surface area contributed by atoms with E-state index in [4.69, 9.17) is 94.7 Å². The zero-order valence-corrected chi connectivity index (χ0v) is 27.5. The van der Waals surface area contributed by atoms with Crippen molar-refractivity contribution < 1.29 is 238 Å². The van der Waals surface area contributed by atoms with Gasteiger partial charge < -0.3 is 106 Å². The summed E-state index contributed by atoms with van der Waals surface area (Å²) in [6, 6.07) is 0. The minimum absolute atomic E-state index is 0. The zero-order chi connectivity index (χ0) is 16.0. The van der Waals surface area contributed by atoms with Gasteiger partial charge in [0, 0.05) is 0 Å². The predicted molar refractivity (Wildman–Crippen MR) is 47.0 cm³/mol. The minimum Gasteiger partial charge on any atom is -0.512 e. The van der Waals surface area contributed by atoms with Crippen molar-refractivity contribution in [3.8, 4) is 0 Å². The molecule has 4 N–H and O–H groups in total. The van der Waals surface area contributed by atoms with Crippen molar-refractivity contribution in [2.24, 2.45) is 0 Å². The van der Waals surface area contributed by atoms with Gasteiger partial charge in [0.15, 0.2) is 0 Å². The minimum atomic E-state index is 0. The molecule has 0 atom stereocenters. The smallest absolute Gasteiger partial charge is 0.512 e. The van der Waals surface area contributed by atoms with E-state index in [0.29, 0.717) is 0 Å². The molecule has 98 valence electrons. The van der Waals surface area contributed by atoms with Gasteiger partial charge >= 0.3 is 227 Å². The van der Waals surface area contributed by atoms with Gasteiger partial charge in [0.25, 0.3) is 0 Å². The summed E-state index contributed by atoms with van der Waals surface area (Å²) in [5, 5.41) is 50.0. The van der Waals surface area contributed by atoms with Crippen LogP contribution in [0.4, 0.5) is 0 Å². The summed E-state index contributed by atoms with van der Waals surface area (Å²) < 4.78 is 0. The third-order valence-corrected chi connectivity index (χ3v) is 0. The third kappa shape index (κ3) is 1410. The maximum absolute atomic E-state index is 6.25. The molecular formula is C8H4K4MoN8O2. The van der Waals surface area contributed by atoms with Crippen LogP contribution in [-0.2, 0) is 21.1 Å². The van der Waals surface area contributed by atoms with Crippen LogP contribution in [-0.4, -0.2) is 11.0 Å². The molecule has 0 fully saturated rings. The van der Waals surface area contributed by atoms with Crippen molar-refractivity contribution >= 4 is 0 Å². The summed E-state index contributed by atoms with van der Waals surface area (Å²) in [5.74, 6) is 0. The van der Waals surface area contributed by atoms with E-state index in [1.165, 1.54) is 0 Å². The molecule has 0 saturated carbocycles. The molecule has 0 heterocycles. The van der Waals surface area contributed by atoms with Gasteiger partial charge in [0.05, 0.1) is 0 Å². The van der Waals surface area contributed by atoms with Crippen LogP contribution in [0.2, 0.25) is 0 Å². The fraction of sp³-hybridized carbons (Fsp3) is 0. The first-order chi connectivity index (χ1) is 8.00. The molecule has 0 aliphatic carbocycles. The van der Waals surface area contributed by atoms with E-state index in [2.05, 4.69) is 0 Å². The molecule has 23 heavy (non-hydrogen) atoms. The van der Waals surface area contributed by atoms with Gasteiger partial charge in [-0.3, -0.25) is 0 Å². The molecule has 0 bridgehead atoms. The molecule has 0 aromatic rings. The Morgan fingerprint density at radius 3 is 0.261 bits per heavy atom. The van der Waals surface area contributed by atoms with E-state index in [-0.39, 0.29) is 238 Å². The molecule has 0 aromatic carbocycles. The molecular weight excluding hydrogens is 492 g/mol. The van der Waals surface area contributed by atoms with E-state index in [9.17, 15) is 0 Å². The van der Waals surface area contributed by atoms with E-state index in [1.807, 2.05) is 0 Å². The molecule has 15 heteroatoms. The zero-order valence-electron chi connectivity index (χ0n) is 13.0. The van der Waals surface area contributed by atoms with Gasteiger partial charge in [-0.05, 0) is 0 Å².